The molecular formula is C14H12F3N3S. The molecule has 0 atom stereocenters. The topological polar surface area (TPSA) is 48.7 Å². The standard InChI is InChI=1S/C14H12F3N3S/c1-9-8-20-13(21-9)4-5-19-12-3-2-10(7-18)6-11(12)14(15,16)17/h2-3,6,8,19H,4-5H2,1H3. The molecule has 0 aliphatic rings. The number of anilines is 1. The number of hydrogen-bond donors (Lipinski definition) is 1. The van der Waals surface area contributed by atoms with Crippen molar-refractivity contribution >= 4 is 17.0 Å². The SMILES string of the molecule is Cc1cnc(CCNc2ccc(C#N)cc2C(F)(F)F)s1. The molecule has 2 aromatic rings. The third kappa shape index (κ3) is 3.95. The lowest BCUT2D eigenvalue weighted by Crippen LogP contribution is -2.13. The molecule has 7 heteroatoms. The van der Waals surface area contributed by atoms with Gasteiger partial charge in [-0.2, -0.15) is 18.4 Å². The molecule has 1 heterocycles. The van der Waals surface area contributed by atoms with Crippen LogP contribution in [-0.2, 0) is 12.6 Å². The van der Waals surface area contributed by atoms with E-state index in [0.717, 1.165) is 16.0 Å². The summed E-state index contributed by atoms with van der Waals surface area (Å²) >= 11 is 1.52. The molecule has 0 saturated carbocycles. The van der Waals surface area contributed by atoms with Crippen LogP contribution in [-0.4, -0.2) is 11.5 Å². The monoisotopic (exact) mass is 311 g/mol. The number of rotatable bonds is 4. The predicted molar refractivity (Wildman–Crippen MR) is 75.2 cm³/mol. The second-order valence-electron chi connectivity index (χ2n) is 4.41. The van der Waals surface area contributed by atoms with E-state index in [0.29, 0.717) is 13.0 Å². The molecule has 2 rings (SSSR count). The lowest BCUT2D eigenvalue weighted by atomic mass is 10.1. The zero-order chi connectivity index (χ0) is 15.5. The van der Waals surface area contributed by atoms with Crippen molar-refractivity contribution in [2.75, 3.05) is 11.9 Å². The van der Waals surface area contributed by atoms with Crippen molar-refractivity contribution < 1.29 is 13.2 Å². The Morgan fingerprint density at radius 3 is 2.71 bits per heavy atom. The summed E-state index contributed by atoms with van der Waals surface area (Å²) in [5, 5.41) is 12.3. The summed E-state index contributed by atoms with van der Waals surface area (Å²) in [6.45, 7) is 2.28. The molecule has 1 aromatic carbocycles. The maximum Gasteiger partial charge on any atom is 0.418 e. The molecule has 1 N–H and O–H groups in total. The van der Waals surface area contributed by atoms with Crippen molar-refractivity contribution in [3.05, 3.63) is 45.4 Å². The van der Waals surface area contributed by atoms with E-state index < -0.39 is 11.7 Å². The van der Waals surface area contributed by atoms with E-state index in [4.69, 9.17) is 5.26 Å². The second-order valence-corrected chi connectivity index (χ2v) is 5.73. The molecule has 0 spiro atoms. The number of halogens is 3. The van der Waals surface area contributed by atoms with Crippen molar-refractivity contribution in [3.8, 4) is 6.07 Å². The lowest BCUT2D eigenvalue weighted by molar-refractivity contribution is -0.137. The Kier molecular flexibility index (Phi) is 4.48. The number of nitrogens with one attached hydrogen (secondary N) is 1. The van der Waals surface area contributed by atoms with Crippen LogP contribution in [0.25, 0.3) is 0 Å². The van der Waals surface area contributed by atoms with Gasteiger partial charge in [-0.25, -0.2) is 4.98 Å². The fraction of sp³-hybridized carbons (Fsp3) is 0.286. The van der Waals surface area contributed by atoms with E-state index in [-0.39, 0.29) is 11.3 Å². The van der Waals surface area contributed by atoms with Crippen molar-refractivity contribution in [2.45, 2.75) is 19.5 Å². The van der Waals surface area contributed by atoms with Crippen molar-refractivity contribution in [1.82, 2.24) is 4.98 Å². The highest BCUT2D eigenvalue weighted by atomic mass is 32.1. The molecule has 0 aliphatic heterocycles. The van der Waals surface area contributed by atoms with E-state index in [2.05, 4.69) is 10.3 Å². The molecule has 1 aromatic heterocycles. The average molecular weight is 311 g/mol. The number of benzene rings is 1. The Hall–Kier alpha value is -2.07. The summed E-state index contributed by atoms with van der Waals surface area (Å²) in [4.78, 5) is 5.23. The average Bonchev–Trinajstić information content (AvgIpc) is 2.83. The number of nitriles is 1. The maximum absolute atomic E-state index is 13.0. The molecule has 0 saturated heterocycles. The zero-order valence-corrected chi connectivity index (χ0v) is 12.0. The van der Waals surface area contributed by atoms with Crippen LogP contribution in [0.5, 0.6) is 0 Å². The fourth-order valence-electron chi connectivity index (χ4n) is 1.82. The van der Waals surface area contributed by atoms with Gasteiger partial charge in [-0.1, -0.05) is 0 Å². The third-order valence-electron chi connectivity index (χ3n) is 2.78. The number of aryl methyl sites for hydroxylation is 1. The fourth-order valence-corrected chi connectivity index (χ4v) is 2.61. The Morgan fingerprint density at radius 2 is 2.14 bits per heavy atom. The summed E-state index contributed by atoms with van der Waals surface area (Å²) in [6.07, 6.45) is -2.20. The molecule has 0 radical (unpaired) electrons. The van der Waals surface area contributed by atoms with Gasteiger partial charge in [-0.3, -0.25) is 0 Å². The Balaban J connectivity index is 2.10. The minimum Gasteiger partial charge on any atom is -0.384 e. The first-order chi connectivity index (χ1) is 9.90. The molecule has 0 aliphatic carbocycles. The number of alkyl halides is 3. The third-order valence-corrected chi connectivity index (χ3v) is 3.75. The summed E-state index contributed by atoms with van der Waals surface area (Å²) in [5.74, 6) is 0. The van der Waals surface area contributed by atoms with Crippen LogP contribution >= 0.6 is 11.3 Å². The van der Waals surface area contributed by atoms with Crippen LogP contribution < -0.4 is 5.32 Å². The maximum atomic E-state index is 13.0. The normalized spacial score (nSPS) is 11.2. The Bertz CT molecular complexity index is 671. The highest BCUT2D eigenvalue weighted by molar-refractivity contribution is 7.11. The summed E-state index contributed by atoms with van der Waals surface area (Å²) in [5.41, 5.74) is -0.852. The van der Waals surface area contributed by atoms with Crippen molar-refractivity contribution in [2.24, 2.45) is 0 Å². The molecule has 3 nitrogen and oxygen atoms in total. The van der Waals surface area contributed by atoms with E-state index in [1.54, 1.807) is 12.3 Å². The largest absolute Gasteiger partial charge is 0.418 e. The number of thiazole rings is 1. The van der Waals surface area contributed by atoms with Crippen molar-refractivity contribution in [3.63, 3.8) is 0 Å². The van der Waals surface area contributed by atoms with E-state index in [1.807, 2.05) is 6.92 Å². The van der Waals surface area contributed by atoms with Gasteiger partial charge >= 0.3 is 6.18 Å². The quantitative estimate of drug-likeness (QED) is 0.928. The first-order valence-electron chi connectivity index (χ1n) is 6.16. The molecule has 0 unspecified atom stereocenters. The van der Waals surface area contributed by atoms with Gasteiger partial charge in [0, 0.05) is 29.7 Å². The van der Waals surface area contributed by atoms with Gasteiger partial charge in [0.25, 0.3) is 0 Å². The zero-order valence-electron chi connectivity index (χ0n) is 11.2. The number of aromatic nitrogens is 1. The summed E-state index contributed by atoms with van der Waals surface area (Å²) < 4.78 is 38.9. The van der Waals surface area contributed by atoms with Crippen LogP contribution in [0, 0.1) is 18.3 Å². The van der Waals surface area contributed by atoms with Crippen LogP contribution in [0.1, 0.15) is 21.0 Å². The van der Waals surface area contributed by atoms with Gasteiger partial charge in [-0.05, 0) is 25.1 Å². The van der Waals surface area contributed by atoms with Crippen LogP contribution in [0.4, 0.5) is 18.9 Å². The van der Waals surface area contributed by atoms with Gasteiger partial charge in [-0.15, -0.1) is 11.3 Å². The Labute approximate surface area is 124 Å². The van der Waals surface area contributed by atoms with E-state index >= 15 is 0 Å². The van der Waals surface area contributed by atoms with Gasteiger partial charge in [0.15, 0.2) is 0 Å². The van der Waals surface area contributed by atoms with E-state index in [1.165, 1.54) is 23.5 Å². The van der Waals surface area contributed by atoms with Gasteiger partial charge in [0.1, 0.15) is 0 Å². The predicted octanol–water partition coefficient (Wildman–Crippen LogP) is 4.00. The van der Waals surface area contributed by atoms with Gasteiger partial charge in [0.05, 0.1) is 22.2 Å². The first-order valence-corrected chi connectivity index (χ1v) is 6.98. The highest BCUT2D eigenvalue weighted by Crippen LogP contribution is 2.35. The molecular weight excluding hydrogens is 299 g/mol. The summed E-state index contributed by atoms with van der Waals surface area (Å²) in [7, 11) is 0. The second kappa shape index (κ2) is 6.14. The number of nitrogens with zero attached hydrogens (tertiary/aromatic N) is 2. The van der Waals surface area contributed by atoms with Crippen molar-refractivity contribution in [1.29, 1.82) is 5.26 Å². The molecule has 110 valence electrons. The minimum atomic E-state index is -4.49. The highest BCUT2D eigenvalue weighted by Gasteiger charge is 2.33. The summed E-state index contributed by atoms with van der Waals surface area (Å²) in [6, 6.07) is 5.22. The Morgan fingerprint density at radius 1 is 1.38 bits per heavy atom. The molecule has 0 amide bonds. The van der Waals surface area contributed by atoms with E-state index in [9.17, 15) is 13.2 Å². The van der Waals surface area contributed by atoms with Crippen LogP contribution in [0.15, 0.2) is 24.4 Å². The molecule has 0 fully saturated rings. The smallest absolute Gasteiger partial charge is 0.384 e. The molecule has 21 heavy (non-hydrogen) atoms. The molecule has 0 bridgehead atoms. The minimum absolute atomic E-state index is 0.0107. The number of hydrogen-bond acceptors (Lipinski definition) is 4. The van der Waals surface area contributed by atoms with Gasteiger partial charge < -0.3 is 5.32 Å². The first kappa shape index (κ1) is 15.3. The van der Waals surface area contributed by atoms with Gasteiger partial charge in [0.2, 0.25) is 0 Å². The van der Waals surface area contributed by atoms with Crippen LogP contribution in [0.2, 0.25) is 0 Å². The lowest BCUT2D eigenvalue weighted by Gasteiger charge is -2.14. The van der Waals surface area contributed by atoms with Crippen LogP contribution in [0.3, 0.4) is 0 Å².